The van der Waals surface area contributed by atoms with Crippen LogP contribution in [0.15, 0.2) is 57.5 Å². The van der Waals surface area contributed by atoms with Crippen molar-refractivity contribution in [3.05, 3.63) is 53.2 Å². The molecule has 0 saturated carbocycles. The molecule has 160 valence electrons. The maximum absolute atomic E-state index is 13.7. The van der Waals surface area contributed by atoms with E-state index >= 15 is 0 Å². The van der Waals surface area contributed by atoms with E-state index < -0.39 is 39.5 Å². The molecule has 3 unspecified atom stereocenters. The first-order chi connectivity index (χ1) is 13.8. The summed E-state index contributed by atoms with van der Waals surface area (Å²) in [6.45, 7) is 0.586. The predicted octanol–water partition coefficient (Wildman–Crippen LogP) is 2.28. The highest BCUT2D eigenvalue weighted by Crippen LogP contribution is 2.38. The normalized spacial score (nSPS) is 21.8. The highest BCUT2D eigenvalue weighted by molar-refractivity contribution is 7.96. The van der Waals surface area contributed by atoms with Crippen LogP contribution in [0.5, 0.6) is 0 Å². The van der Waals surface area contributed by atoms with E-state index in [0.717, 1.165) is 24.7 Å². The van der Waals surface area contributed by atoms with Crippen LogP contribution in [-0.2, 0) is 15.4 Å². The molecule has 7 nitrogen and oxygen atoms in total. The van der Waals surface area contributed by atoms with Gasteiger partial charge in [-0.05, 0) is 37.3 Å². The van der Waals surface area contributed by atoms with Crippen LogP contribution in [-0.4, -0.2) is 48.2 Å². The van der Waals surface area contributed by atoms with E-state index in [2.05, 4.69) is 15.0 Å². The summed E-state index contributed by atoms with van der Waals surface area (Å²) in [6, 6.07) is 5.15. The van der Waals surface area contributed by atoms with Crippen molar-refractivity contribution in [2.45, 2.75) is 35.9 Å². The number of rotatable bonds is 4. The standard InChI is InChI=1S/C18H16F4N4O3S/c1-17(27,18(20,21)22)11-7-25-16(26-8-11)10-2-4-12(5-3-10)30(28,29)13-6-14(19)15(23)24-9-13/h2-9,14-15,27H,23H2,1H3. The third kappa shape index (κ3) is 3.98. The van der Waals surface area contributed by atoms with Gasteiger partial charge in [-0.1, -0.05) is 0 Å². The van der Waals surface area contributed by atoms with Crippen molar-refractivity contribution in [2.24, 2.45) is 10.7 Å². The van der Waals surface area contributed by atoms with E-state index in [4.69, 9.17) is 5.73 Å². The number of halogens is 4. The van der Waals surface area contributed by atoms with Crippen molar-refractivity contribution in [3.8, 4) is 11.4 Å². The van der Waals surface area contributed by atoms with Gasteiger partial charge in [0.2, 0.25) is 9.84 Å². The molecule has 0 radical (unpaired) electrons. The van der Waals surface area contributed by atoms with Crippen molar-refractivity contribution in [3.63, 3.8) is 0 Å². The molecule has 0 fully saturated rings. The molecular weight excluding hydrogens is 428 g/mol. The molecule has 0 aliphatic carbocycles. The summed E-state index contributed by atoms with van der Waals surface area (Å²) in [7, 11) is -4.04. The lowest BCUT2D eigenvalue weighted by atomic mass is 9.98. The molecule has 30 heavy (non-hydrogen) atoms. The average molecular weight is 444 g/mol. The molecule has 0 bridgehead atoms. The maximum Gasteiger partial charge on any atom is 0.421 e. The van der Waals surface area contributed by atoms with Crippen LogP contribution in [0.25, 0.3) is 11.4 Å². The van der Waals surface area contributed by atoms with Crippen LogP contribution in [0.1, 0.15) is 12.5 Å². The molecule has 2 aromatic rings. The van der Waals surface area contributed by atoms with Gasteiger partial charge in [-0.2, -0.15) is 13.2 Å². The second-order valence-electron chi connectivity index (χ2n) is 6.68. The summed E-state index contributed by atoms with van der Waals surface area (Å²) in [5, 5.41) is 9.65. The van der Waals surface area contributed by atoms with Crippen LogP contribution in [0.3, 0.4) is 0 Å². The number of aromatic nitrogens is 2. The largest absolute Gasteiger partial charge is 0.421 e. The zero-order valence-corrected chi connectivity index (χ0v) is 16.2. The number of hydrogen-bond acceptors (Lipinski definition) is 7. The van der Waals surface area contributed by atoms with Crippen molar-refractivity contribution in [1.82, 2.24) is 9.97 Å². The van der Waals surface area contributed by atoms with E-state index in [9.17, 15) is 31.1 Å². The van der Waals surface area contributed by atoms with E-state index in [-0.39, 0.29) is 15.6 Å². The van der Waals surface area contributed by atoms with Gasteiger partial charge in [0.25, 0.3) is 0 Å². The molecule has 3 atom stereocenters. The lowest BCUT2D eigenvalue weighted by Gasteiger charge is -2.25. The van der Waals surface area contributed by atoms with Crippen molar-refractivity contribution in [1.29, 1.82) is 0 Å². The number of allylic oxidation sites excluding steroid dienone is 1. The molecule has 3 N–H and O–H groups in total. The number of nitrogens with two attached hydrogens (primary N) is 1. The molecular formula is C18H16F4N4O3S. The molecule has 0 amide bonds. The van der Waals surface area contributed by atoms with Gasteiger partial charge in [0.15, 0.2) is 17.6 Å². The van der Waals surface area contributed by atoms with Crippen LogP contribution >= 0.6 is 0 Å². The fourth-order valence-electron chi connectivity index (χ4n) is 2.51. The SMILES string of the molecule is CC(O)(c1cnc(-c2ccc(S(=O)(=O)C3=CC(F)C(N)N=C3)cc2)nc1)C(F)(F)F. The summed E-state index contributed by atoms with van der Waals surface area (Å²) in [4.78, 5) is 10.7. The number of dihydropyridines is 1. The summed E-state index contributed by atoms with van der Waals surface area (Å²) in [6.07, 6.45) is -4.27. The van der Waals surface area contributed by atoms with E-state index in [1.54, 1.807) is 0 Å². The molecule has 0 saturated heterocycles. The Hall–Kier alpha value is -2.70. The van der Waals surface area contributed by atoms with Crippen LogP contribution < -0.4 is 5.73 Å². The zero-order chi connectivity index (χ0) is 22.3. The zero-order valence-electron chi connectivity index (χ0n) is 15.4. The number of aliphatic hydroxyl groups is 1. The summed E-state index contributed by atoms with van der Waals surface area (Å²) in [5.41, 5.74) is 2.03. The second kappa shape index (κ2) is 7.52. The molecule has 1 aliphatic rings. The number of nitrogens with zero attached hydrogens (tertiary/aromatic N) is 3. The van der Waals surface area contributed by atoms with Crippen molar-refractivity contribution < 1.29 is 31.1 Å². The minimum Gasteiger partial charge on any atom is -0.376 e. The number of benzene rings is 1. The first-order valence-electron chi connectivity index (χ1n) is 8.46. The topological polar surface area (TPSA) is 119 Å². The Morgan fingerprint density at radius 2 is 1.67 bits per heavy atom. The Morgan fingerprint density at radius 3 is 2.17 bits per heavy atom. The van der Waals surface area contributed by atoms with Crippen LogP contribution in [0.4, 0.5) is 17.6 Å². The summed E-state index contributed by atoms with van der Waals surface area (Å²) >= 11 is 0. The Morgan fingerprint density at radius 1 is 1.10 bits per heavy atom. The first-order valence-corrected chi connectivity index (χ1v) is 9.94. The lowest BCUT2D eigenvalue weighted by Crippen LogP contribution is -2.39. The number of alkyl halides is 4. The average Bonchev–Trinajstić information content (AvgIpc) is 2.69. The third-order valence-corrected chi connectivity index (χ3v) is 6.28. The molecule has 1 aliphatic heterocycles. The maximum atomic E-state index is 13.7. The van der Waals surface area contributed by atoms with Gasteiger partial charge in [-0.25, -0.2) is 22.8 Å². The first kappa shape index (κ1) is 22.0. The van der Waals surface area contributed by atoms with Crippen LogP contribution in [0.2, 0.25) is 0 Å². The fraction of sp³-hybridized carbons (Fsp3) is 0.278. The molecule has 3 rings (SSSR count). The fourth-order valence-corrected chi connectivity index (χ4v) is 3.79. The van der Waals surface area contributed by atoms with Gasteiger partial charge in [0.1, 0.15) is 6.17 Å². The predicted molar refractivity (Wildman–Crippen MR) is 99.7 cm³/mol. The van der Waals surface area contributed by atoms with Crippen molar-refractivity contribution >= 4 is 16.1 Å². The minimum absolute atomic E-state index is 0.0221. The van der Waals surface area contributed by atoms with Crippen LogP contribution in [0, 0.1) is 0 Å². The molecule has 0 spiro atoms. The highest BCUT2D eigenvalue weighted by Gasteiger charge is 2.51. The Bertz CT molecular complexity index is 1100. The lowest BCUT2D eigenvalue weighted by molar-refractivity contribution is -0.259. The number of aliphatic imine (C=N–C) groups is 1. The molecule has 1 aromatic carbocycles. The van der Waals surface area contributed by atoms with Gasteiger partial charge in [0.05, 0.1) is 9.80 Å². The Labute approximate surface area is 168 Å². The van der Waals surface area contributed by atoms with Gasteiger partial charge in [-0.15, -0.1) is 0 Å². The quantitative estimate of drug-likeness (QED) is 0.699. The van der Waals surface area contributed by atoms with Crippen molar-refractivity contribution in [2.75, 3.05) is 0 Å². The highest BCUT2D eigenvalue weighted by atomic mass is 32.2. The third-order valence-electron chi connectivity index (χ3n) is 4.52. The van der Waals surface area contributed by atoms with Gasteiger partial charge in [-0.3, -0.25) is 4.99 Å². The Kier molecular flexibility index (Phi) is 5.52. The van der Waals surface area contributed by atoms with Gasteiger partial charge < -0.3 is 10.8 Å². The smallest absolute Gasteiger partial charge is 0.376 e. The second-order valence-corrected chi connectivity index (χ2v) is 8.63. The van der Waals surface area contributed by atoms with E-state index in [1.165, 1.54) is 24.3 Å². The van der Waals surface area contributed by atoms with Gasteiger partial charge in [0, 0.05) is 29.7 Å². The minimum atomic E-state index is -4.91. The molecule has 2 heterocycles. The summed E-state index contributed by atoms with van der Waals surface area (Å²) in [5.74, 6) is 0.0221. The molecule has 1 aromatic heterocycles. The number of hydrogen-bond donors (Lipinski definition) is 2. The Balaban J connectivity index is 1.86. The number of sulfone groups is 1. The molecule has 12 heteroatoms. The summed E-state index contributed by atoms with van der Waals surface area (Å²) < 4.78 is 77.5. The van der Waals surface area contributed by atoms with Gasteiger partial charge >= 0.3 is 6.18 Å². The van der Waals surface area contributed by atoms with E-state index in [1.807, 2.05) is 0 Å². The monoisotopic (exact) mass is 444 g/mol. The van der Waals surface area contributed by atoms with E-state index in [0.29, 0.717) is 12.5 Å².